The lowest BCUT2D eigenvalue weighted by Crippen LogP contribution is -2.28. The van der Waals surface area contributed by atoms with Crippen molar-refractivity contribution in [1.29, 1.82) is 0 Å². The molecule has 27 heavy (non-hydrogen) atoms. The number of esters is 1. The first-order chi connectivity index (χ1) is 12.5. The molecule has 0 bridgehead atoms. The van der Waals surface area contributed by atoms with Crippen LogP contribution in [0.5, 0.6) is 5.75 Å². The monoisotopic (exact) mass is 408 g/mol. The van der Waals surface area contributed by atoms with Crippen molar-refractivity contribution in [2.45, 2.75) is 51.0 Å². The second kappa shape index (κ2) is 8.50. The molecular formula is C18H23F3O5S. The summed E-state index contributed by atoms with van der Waals surface area (Å²) in [6.07, 6.45) is 3.39. The topological polar surface area (TPSA) is 69.7 Å². The first-order valence-corrected chi connectivity index (χ1v) is 10.2. The third-order valence-corrected chi connectivity index (χ3v) is 5.96. The van der Waals surface area contributed by atoms with E-state index in [2.05, 4.69) is 4.18 Å². The predicted octanol–water partition coefficient (Wildman–Crippen LogP) is 4.39. The molecule has 0 N–H and O–H groups in total. The maximum atomic E-state index is 12.4. The summed E-state index contributed by atoms with van der Waals surface area (Å²) in [6.45, 7) is 4.00. The van der Waals surface area contributed by atoms with E-state index < -0.39 is 15.6 Å². The van der Waals surface area contributed by atoms with Crippen molar-refractivity contribution < 1.29 is 35.3 Å². The minimum Gasteiger partial charge on any atom is -0.466 e. The molecule has 1 unspecified atom stereocenters. The third kappa shape index (κ3) is 5.37. The van der Waals surface area contributed by atoms with Crippen LogP contribution >= 0.6 is 0 Å². The summed E-state index contributed by atoms with van der Waals surface area (Å²) in [5.74, 6) is -0.257. The number of benzene rings is 1. The Balaban J connectivity index is 1.95. The van der Waals surface area contributed by atoms with Gasteiger partial charge in [0.05, 0.1) is 12.5 Å². The van der Waals surface area contributed by atoms with Crippen LogP contribution in [0.3, 0.4) is 0 Å². The van der Waals surface area contributed by atoms with E-state index in [9.17, 15) is 26.4 Å². The Kier molecular flexibility index (Phi) is 6.77. The minimum absolute atomic E-state index is 0.158. The SMILES string of the molecule is CCOC(=O)C(C)C1CCC(c2ccc(OS(=O)(=O)C(F)(F)F)cc2)CC1. The summed E-state index contributed by atoms with van der Waals surface area (Å²) < 4.78 is 68.3. The average Bonchev–Trinajstić information content (AvgIpc) is 2.61. The Bertz CT molecular complexity index is 735. The van der Waals surface area contributed by atoms with Gasteiger partial charge in [0, 0.05) is 0 Å². The Morgan fingerprint density at radius 2 is 1.70 bits per heavy atom. The fourth-order valence-electron chi connectivity index (χ4n) is 3.39. The van der Waals surface area contributed by atoms with Gasteiger partial charge in [0.1, 0.15) is 5.75 Å². The van der Waals surface area contributed by atoms with Crippen molar-refractivity contribution >= 4 is 16.1 Å². The van der Waals surface area contributed by atoms with Gasteiger partial charge in [-0.05, 0) is 62.1 Å². The van der Waals surface area contributed by atoms with Crippen molar-refractivity contribution in [3.63, 3.8) is 0 Å². The van der Waals surface area contributed by atoms with Crippen molar-refractivity contribution in [2.24, 2.45) is 11.8 Å². The number of hydrogen-bond donors (Lipinski definition) is 0. The molecule has 0 amide bonds. The molecule has 2 rings (SSSR count). The molecule has 0 radical (unpaired) electrons. The van der Waals surface area contributed by atoms with Gasteiger partial charge in [0.25, 0.3) is 0 Å². The second-order valence-corrected chi connectivity index (χ2v) is 8.24. The molecule has 1 fully saturated rings. The minimum atomic E-state index is -5.66. The van der Waals surface area contributed by atoms with E-state index in [-0.39, 0.29) is 29.5 Å². The molecule has 1 aromatic rings. The summed E-state index contributed by atoms with van der Waals surface area (Å²) in [5, 5.41) is 0. The molecule has 1 saturated carbocycles. The highest BCUT2D eigenvalue weighted by Gasteiger charge is 2.48. The Morgan fingerprint density at radius 1 is 1.15 bits per heavy atom. The molecule has 0 saturated heterocycles. The summed E-state index contributed by atoms with van der Waals surface area (Å²) in [7, 11) is -5.66. The number of carbonyl (C=O) groups is 1. The number of ether oxygens (including phenoxy) is 1. The lowest BCUT2D eigenvalue weighted by molar-refractivity contribution is -0.149. The molecule has 1 aliphatic rings. The number of hydrogen-bond acceptors (Lipinski definition) is 5. The molecule has 9 heteroatoms. The van der Waals surface area contributed by atoms with Gasteiger partial charge in [-0.3, -0.25) is 4.79 Å². The maximum Gasteiger partial charge on any atom is 0.534 e. The van der Waals surface area contributed by atoms with Gasteiger partial charge in [-0.25, -0.2) is 0 Å². The molecule has 5 nitrogen and oxygen atoms in total. The standard InChI is InChI=1S/C18H23F3O5S/c1-3-25-17(22)12(2)13-4-6-14(7-5-13)15-8-10-16(11-9-15)26-27(23,24)18(19,20)21/h8-14H,3-7H2,1-2H3. The third-order valence-electron chi connectivity index (χ3n) is 4.98. The highest BCUT2D eigenvalue weighted by atomic mass is 32.2. The number of halogens is 3. The van der Waals surface area contributed by atoms with Crippen LogP contribution in [0, 0.1) is 11.8 Å². The van der Waals surface area contributed by atoms with Crippen LogP contribution in [0.4, 0.5) is 13.2 Å². The van der Waals surface area contributed by atoms with E-state index in [0.29, 0.717) is 6.61 Å². The van der Waals surface area contributed by atoms with Crippen LogP contribution in [0.1, 0.15) is 51.0 Å². The van der Waals surface area contributed by atoms with E-state index >= 15 is 0 Å². The molecule has 0 spiro atoms. The molecule has 1 aliphatic carbocycles. The van der Waals surface area contributed by atoms with Crippen molar-refractivity contribution in [2.75, 3.05) is 6.61 Å². The summed E-state index contributed by atoms with van der Waals surface area (Å²) in [5.41, 5.74) is -4.55. The number of carbonyl (C=O) groups excluding carboxylic acids is 1. The van der Waals surface area contributed by atoms with E-state index in [0.717, 1.165) is 31.2 Å². The lowest BCUT2D eigenvalue weighted by atomic mass is 9.74. The van der Waals surface area contributed by atoms with Crippen LogP contribution < -0.4 is 4.18 Å². The zero-order chi connectivity index (χ0) is 20.2. The quantitative estimate of drug-likeness (QED) is 0.397. The molecule has 1 atom stereocenters. The molecule has 0 aliphatic heterocycles. The summed E-state index contributed by atoms with van der Waals surface area (Å²) in [4.78, 5) is 11.9. The molecule has 152 valence electrons. The second-order valence-electron chi connectivity index (χ2n) is 6.70. The van der Waals surface area contributed by atoms with Crippen molar-refractivity contribution in [3.8, 4) is 5.75 Å². The largest absolute Gasteiger partial charge is 0.534 e. The molecule has 0 aromatic heterocycles. The van der Waals surface area contributed by atoms with Gasteiger partial charge < -0.3 is 8.92 Å². The zero-order valence-corrected chi connectivity index (χ0v) is 16.0. The fraction of sp³-hybridized carbons (Fsp3) is 0.611. The van der Waals surface area contributed by atoms with Gasteiger partial charge in [-0.1, -0.05) is 19.1 Å². The van der Waals surface area contributed by atoms with E-state index in [1.54, 1.807) is 19.1 Å². The van der Waals surface area contributed by atoms with Crippen LogP contribution in [0.2, 0.25) is 0 Å². The smallest absolute Gasteiger partial charge is 0.466 e. The Morgan fingerprint density at radius 3 is 2.19 bits per heavy atom. The van der Waals surface area contributed by atoms with E-state index in [1.807, 2.05) is 6.92 Å². The highest BCUT2D eigenvalue weighted by Crippen LogP contribution is 2.39. The summed E-state index contributed by atoms with van der Waals surface area (Å²) in [6, 6.07) is 5.62. The van der Waals surface area contributed by atoms with E-state index in [4.69, 9.17) is 4.74 Å². The van der Waals surface area contributed by atoms with Crippen LogP contribution in [0.25, 0.3) is 0 Å². The normalized spacial score (nSPS) is 22.1. The average molecular weight is 408 g/mol. The molecule has 0 heterocycles. The lowest BCUT2D eigenvalue weighted by Gasteiger charge is -2.31. The van der Waals surface area contributed by atoms with Crippen molar-refractivity contribution in [1.82, 2.24) is 0 Å². The maximum absolute atomic E-state index is 12.4. The van der Waals surface area contributed by atoms with Crippen LogP contribution in [0.15, 0.2) is 24.3 Å². The van der Waals surface area contributed by atoms with Gasteiger partial charge in [-0.15, -0.1) is 0 Å². The first-order valence-electron chi connectivity index (χ1n) is 8.82. The van der Waals surface area contributed by atoms with Crippen LogP contribution in [-0.4, -0.2) is 26.5 Å². The zero-order valence-electron chi connectivity index (χ0n) is 15.2. The molecule has 1 aromatic carbocycles. The van der Waals surface area contributed by atoms with Gasteiger partial charge in [-0.2, -0.15) is 21.6 Å². The van der Waals surface area contributed by atoms with E-state index in [1.165, 1.54) is 12.1 Å². The first kappa shape index (κ1) is 21.5. The van der Waals surface area contributed by atoms with Gasteiger partial charge >= 0.3 is 21.6 Å². The molecular weight excluding hydrogens is 385 g/mol. The fourth-order valence-corrected chi connectivity index (χ4v) is 3.85. The highest BCUT2D eigenvalue weighted by molar-refractivity contribution is 7.88. The van der Waals surface area contributed by atoms with Gasteiger partial charge in [0.15, 0.2) is 0 Å². The number of rotatable bonds is 6. The Hall–Kier alpha value is -1.77. The van der Waals surface area contributed by atoms with Gasteiger partial charge in [0.2, 0.25) is 0 Å². The predicted molar refractivity (Wildman–Crippen MR) is 92.5 cm³/mol. The summed E-state index contributed by atoms with van der Waals surface area (Å²) >= 11 is 0. The number of alkyl halides is 3. The van der Waals surface area contributed by atoms with Crippen LogP contribution in [-0.2, 0) is 19.6 Å². The Labute approximate surface area is 157 Å². The van der Waals surface area contributed by atoms with Crippen molar-refractivity contribution in [3.05, 3.63) is 29.8 Å².